The second-order valence-corrected chi connectivity index (χ2v) is 4.86. The number of hydrogen-bond donors (Lipinski definition) is 1. The normalized spacial score (nSPS) is 27.8. The highest BCUT2D eigenvalue weighted by Crippen LogP contribution is 2.14. The summed E-state index contributed by atoms with van der Waals surface area (Å²) in [7, 11) is 1.45. The van der Waals surface area contributed by atoms with E-state index >= 15 is 0 Å². The molecule has 0 aromatic heterocycles. The number of hydrogen-bond acceptors (Lipinski definition) is 4. The van der Waals surface area contributed by atoms with Crippen LogP contribution < -0.4 is 5.32 Å². The molecule has 0 aromatic rings. The molecule has 1 aliphatic rings. The Balaban J connectivity index is 2.56. The first kappa shape index (κ1) is 13.5. The van der Waals surface area contributed by atoms with Gasteiger partial charge >= 0.3 is 5.97 Å². The Morgan fingerprint density at radius 3 is 2.81 bits per heavy atom. The van der Waals surface area contributed by atoms with Gasteiger partial charge in [0.2, 0.25) is 0 Å². The summed E-state index contributed by atoms with van der Waals surface area (Å²) in [5, 5.41) is 3.42. The maximum atomic E-state index is 11.3. The van der Waals surface area contributed by atoms with Crippen molar-refractivity contribution in [2.75, 3.05) is 20.2 Å². The molecule has 1 fully saturated rings. The maximum Gasteiger partial charge on any atom is 0.307 e. The summed E-state index contributed by atoms with van der Waals surface area (Å²) >= 11 is 0. The van der Waals surface area contributed by atoms with Gasteiger partial charge in [0, 0.05) is 24.7 Å². The van der Waals surface area contributed by atoms with Gasteiger partial charge in [0.15, 0.2) is 0 Å². The van der Waals surface area contributed by atoms with Gasteiger partial charge in [-0.05, 0) is 33.7 Å². The summed E-state index contributed by atoms with van der Waals surface area (Å²) in [6.45, 7) is 8.57. The Hall–Kier alpha value is -0.610. The topological polar surface area (TPSA) is 41.6 Å². The zero-order valence-corrected chi connectivity index (χ0v) is 10.8. The molecule has 0 radical (unpaired) electrons. The van der Waals surface area contributed by atoms with Crippen molar-refractivity contribution in [2.45, 2.75) is 51.7 Å². The molecular weight excluding hydrogens is 204 g/mol. The summed E-state index contributed by atoms with van der Waals surface area (Å²) in [5.41, 5.74) is 0. The zero-order valence-electron chi connectivity index (χ0n) is 10.8. The summed E-state index contributed by atoms with van der Waals surface area (Å²) < 4.78 is 4.72. The third-order valence-electron chi connectivity index (χ3n) is 3.30. The van der Waals surface area contributed by atoms with Crippen LogP contribution in [-0.4, -0.2) is 49.2 Å². The molecule has 4 nitrogen and oxygen atoms in total. The first-order valence-corrected chi connectivity index (χ1v) is 6.10. The summed E-state index contributed by atoms with van der Waals surface area (Å²) in [5.74, 6) is -0.129. The quantitative estimate of drug-likeness (QED) is 0.732. The Morgan fingerprint density at radius 2 is 2.25 bits per heavy atom. The van der Waals surface area contributed by atoms with Crippen LogP contribution in [0, 0.1) is 0 Å². The van der Waals surface area contributed by atoms with Crippen LogP contribution in [0.25, 0.3) is 0 Å². The molecule has 0 aliphatic carbocycles. The molecule has 94 valence electrons. The number of esters is 1. The molecule has 1 saturated heterocycles. The van der Waals surface area contributed by atoms with Crippen LogP contribution in [0.3, 0.4) is 0 Å². The highest BCUT2D eigenvalue weighted by molar-refractivity contribution is 5.69. The van der Waals surface area contributed by atoms with Gasteiger partial charge < -0.3 is 10.1 Å². The van der Waals surface area contributed by atoms with Crippen molar-refractivity contribution in [3.05, 3.63) is 0 Å². The number of nitrogens with zero attached hydrogens (tertiary/aromatic N) is 1. The number of rotatable bonds is 3. The van der Waals surface area contributed by atoms with Crippen LogP contribution in [0.2, 0.25) is 0 Å². The van der Waals surface area contributed by atoms with Crippen molar-refractivity contribution in [1.29, 1.82) is 0 Å². The number of carbonyl (C=O) groups is 1. The fourth-order valence-electron chi connectivity index (χ4n) is 2.30. The number of carbonyl (C=O) groups excluding carboxylic acids is 1. The Labute approximate surface area is 98.3 Å². The minimum Gasteiger partial charge on any atom is -0.469 e. The van der Waals surface area contributed by atoms with Crippen molar-refractivity contribution in [2.24, 2.45) is 0 Å². The largest absolute Gasteiger partial charge is 0.469 e. The minimum atomic E-state index is -0.129. The Kier molecular flexibility index (Phi) is 5.22. The molecule has 4 heteroatoms. The number of ether oxygens (including phenoxy) is 1. The van der Waals surface area contributed by atoms with Crippen molar-refractivity contribution in [3.8, 4) is 0 Å². The molecule has 16 heavy (non-hydrogen) atoms. The van der Waals surface area contributed by atoms with Crippen molar-refractivity contribution < 1.29 is 9.53 Å². The van der Waals surface area contributed by atoms with E-state index in [4.69, 9.17) is 4.74 Å². The van der Waals surface area contributed by atoms with Crippen molar-refractivity contribution in [1.82, 2.24) is 10.2 Å². The predicted molar refractivity (Wildman–Crippen MR) is 64.3 cm³/mol. The second-order valence-electron chi connectivity index (χ2n) is 4.86. The molecule has 0 amide bonds. The van der Waals surface area contributed by atoms with Gasteiger partial charge in [0.1, 0.15) is 0 Å². The lowest BCUT2D eigenvalue weighted by Gasteiger charge is -2.32. The first-order valence-electron chi connectivity index (χ1n) is 6.10. The average molecular weight is 228 g/mol. The molecule has 2 unspecified atom stereocenters. The third kappa shape index (κ3) is 3.76. The average Bonchev–Trinajstić information content (AvgIpc) is 2.40. The van der Waals surface area contributed by atoms with Crippen LogP contribution in [0.15, 0.2) is 0 Å². The van der Waals surface area contributed by atoms with E-state index in [1.165, 1.54) is 7.11 Å². The Morgan fingerprint density at radius 1 is 1.56 bits per heavy atom. The smallest absolute Gasteiger partial charge is 0.307 e. The van der Waals surface area contributed by atoms with E-state index in [9.17, 15) is 4.79 Å². The van der Waals surface area contributed by atoms with Gasteiger partial charge in [-0.3, -0.25) is 9.69 Å². The van der Waals surface area contributed by atoms with Gasteiger partial charge in [0.25, 0.3) is 0 Å². The molecule has 1 aliphatic heterocycles. The monoisotopic (exact) mass is 228 g/mol. The molecular formula is C12H24N2O2. The van der Waals surface area contributed by atoms with Gasteiger partial charge in [-0.2, -0.15) is 0 Å². The fourth-order valence-corrected chi connectivity index (χ4v) is 2.30. The predicted octanol–water partition coefficient (Wildman–Crippen LogP) is 1.01. The highest BCUT2D eigenvalue weighted by Gasteiger charge is 2.26. The summed E-state index contributed by atoms with van der Waals surface area (Å²) in [4.78, 5) is 13.7. The van der Waals surface area contributed by atoms with E-state index in [1.807, 2.05) is 0 Å². The van der Waals surface area contributed by atoms with Gasteiger partial charge in [-0.1, -0.05) is 0 Å². The van der Waals surface area contributed by atoms with Crippen LogP contribution in [0.5, 0.6) is 0 Å². The standard InChI is InChI=1S/C12H24N2O2/c1-9(2)14-8-11(7-12(15)16-4)13-6-5-10(14)3/h9-11,13H,5-8H2,1-4H3. The Bertz CT molecular complexity index is 231. The minimum absolute atomic E-state index is 0.129. The van der Waals surface area contributed by atoms with Gasteiger partial charge in [0.05, 0.1) is 13.5 Å². The van der Waals surface area contributed by atoms with E-state index in [2.05, 4.69) is 31.0 Å². The maximum absolute atomic E-state index is 11.3. The highest BCUT2D eigenvalue weighted by atomic mass is 16.5. The molecule has 0 bridgehead atoms. The van der Waals surface area contributed by atoms with E-state index in [0.717, 1.165) is 19.5 Å². The lowest BCUT2D eigenvalue weighted by molar-refractivity contribution is -0.141. The van der Waals surface area contributed by atoms with E-state index in [1.54, 1.807) is 0 Å². The van der Waals surface area contributed by atoms with Crippen molar-refractivity contribution in [3.63, 3.8) is 0 Å². The van der Waals surface area contributed by atoms with E-state index in [-0.39, 0.29) is 12.0 Å². The lowest BCUT2D eigenvalue weighted by atomic mass is 10.1. The third-order valence-corrected chi connectivity index (χ3v) is 3.30. The first-order chi connectivity index (χ1) is 7.54. The van der Waals surface area contributed by atoms with Crippen LogP contribution in [0.1, 0.15) is 33.6 Å². The van der Waals surface area contributed by atoms with Crippen LogP contribution in [0.4, 0.5) is 0 Å². The van der Waals surface area contributed by atoms with Crippen LogP contribution >= 0.6 is 0 Å². The molecule has 1 heterocycles. The SMILES string of the molecule is COC(=O)CC1CN(C(C)C)C(C)CCN1. The van der Waals surface area contributed by atoms with Crippen molar-refractivity contribution >= 4 is 5.97 Å². The van der Waals surface area contributed by atoms with Crippen LogP contribution in [-0.2, 0) is 9.53 Å². The molecule has 1 N–H and O–H groups in total. The summed E-state index contributed by atoms with van der Waals surface area (Å²) in [6.07, 6.45) is 1.60. The lowest BCUT2D eigenvalue weighted by Crippen LogP contribution is -2.44. The molecule has 1 rings (SSSR count). The second kappa shape index (κ2) is 6.21. The molecule has 0 aromatic carbocycles. The van der Waals surface area contributed by atoms with E-state index < -0.39 is 0 Å². The molecule has 0 saturated carbocycles. The van der Waals surface area contributed by atoms with Gasteiger partial charge in [-0.25, -0.2) is 0 Å². The number of methoxy groups -OCH3 is 1. The molecule has 2 atom stereocenters. The summed E-state index contributed by atoms with van der Waals surface area (Å²) in [6, 6.07) is 1.32. The molecule has 0 spiro atoms. The zero-order chi connectivity index (χ0) is 12.1. The van der Waals surface area contributed by atoms with Gasteiger partial charge in [-0.15, -0.1) is 0 Å². The fraction of sp³-hybridized carbons (Fsp3) is 0.917. The van der Waals surface area contributed by atoms with E-state index in [0.29, 0.717) is 18.5 Å². The number of nitrogens with one attached hydrogen (secondary N) is 1.